The molecule has 1 aromatic carbocycles. The molecular weight excluding hydrogens is 242 g/mol. The second-order valence-electron chi connectivity index (χ2n) is 5.10. The Hall–Kier alpha value is -1.84. The number of ether oxygens (including phenoxy) is 1. The molecule has 19 heavy (non-hydrogen) atoms. The molecule has 1 aromatic rings. The van der Waals surface area contributed by atoms with Crippen molar-refractivity contribution in [1.82, 2.24) is 5.32 Å². The van der Waals surface area contributed by atoms with Crippen molar-refractivity contribution in [1.29, 1.82) is 0 Å². The van der Waals surface area contributed by atoms with Crippen LogP contribution < -0.4 is 10.1 Å². The Morgan fingerprint density at radius 2 is 2.11 bits per heavy atom. The van der Waals surface area contributed by atoms with Crippen LogP contribution in [-0.2, 0) is 21.4 Å². The van der Waals surface area contributed by atoms with E-state index in [4.69, 9.17) is 4.74 Å². The third kappa shape index (κ3) is 3.81. The van der Waals surface area contributed by atoms with E-state index in [1.807, 2.05) is 26.0 Å². The summed E-state index contributed by atoms with van der Waals surface area (Å²) in [5.41, 5.74) is 2.00. The van der Waals surface area contributed by atoms with Crippen molar-refractivity contribution >= 4 is 12.2 Å². The minimum Gasteiger partial charge on any atom is -0.496 e. The van der Waals surface area contributed by atoms with E-state index in [0.29, 0.717) is 12.8 Å². The van der Waals surface area contributed by atoms with Gasteiger partial charge in [0.15, 0.2) is 0 Å². The monoisotopic (exact) mass is 263 g/mol. The summed E-state index contributed by atoms with van der Waals surface area (Å²) in [6.07, 6.45) is 1.18. The summed E-state index contributed by atoms with van der Waals surface area (Å²) in [4.78, 5) is 21.3. The Bertz CT molecular complexity index is 466. The number of carbonyl (C=O) groups is 2. The first-order valence-corrected chi connectivity index (χ1v) is 6.35. The highest BCUT2D eigenvalue weighted by Gasteiger charge is 2.22. The number of amides is 1. The van der Waals surface area contributed by atoms with Crippen LogP contribution in [0.2, 0.25) is 0 Å². The molecule has 0 aliphatic carbocycles. The van der Waals surface area contributed by atoms with Crippen molar-refractivity contribution in [3.05, 3.63) is 29.3 Å². The number of hydrogen-bond donors (Lipinski definition) is 1. The predicted molar refractivity (Wildman–Crippen MR) is 74.5 cm³/mol. The van der Waals surface area contributed by atoms with Gasteiger partial charge in [-0.3, -0.25) is 9.59 Å². The van der Waals surface area contributed by atoms with Crippen molar-refractivity contribution in [3.63, 3.8) is 0 Å². The number of methoxy groups -OCH3 is 1. The number of hydrogen-bond acceptors (Lipinski definition) is 3. The Labute approximate surface area is 114 Å². The van der Waals surface area contributed by atoms with E-state index in [9.17, 15) is 9.59 Å². The Morgan fingerprint density at radius 3 is 2.63 bits per heavy atom. The van der Waals surface area contributed by atoms with Gasteiger partial charge < -0.3 is 10.1 Å². The lowest BCUT2D eigenvalue weighted by Crippen LogP contribution is -2.37. The lowest BCUT2D eigenvalue weighted by atomic mass is 9.83. The summed E-state index contributed by atoms with van der Waals surface area (Å²) in [6.45, 7) is 6.54. The average Bonchev–Trinajstić information content (AvgIpc) is 2.43. The highest BCUT2D eigenvalue weighted by atomic mass is 16.5. The van der Waals surface area contributed by atoms with E-state index in [0.717, 1.165) is 23.3 Å². The van der Waals surface area contributed by atoms with Gasteiger partial charge in [-0.1, -0.05) is 32.9 Å². The minimum absolute atomic E-state index is 0.241. The summed E-state index contributed by atoms with van der Waals surface area (Å²) in [5, 5.41) is 2.60. The van der Waals surface area contributed by atoms with Crippen LogP contribution in [0.1, 0.15) is 31.9 Å². The fourth-order valence-corrected chi connectivity index (χ4v) is 1.93. The maximum Gasteiger partial charge on any atom is 0.284 e. The second-order valence-corrected chi connectivity index (χ2v) is 5.10. The van der Waals surface area contributed by atoms with E-state index in [2.05, 4.69) is 18.3 Å². The van der Waals surface area contributed by atoms with Crippen LogP contribution in [0.3, 0.4) is 0 Å². The molecule has 1 amide bonds. The molecule has 0 atom stereocenters. The van der Waals surface area contributed by atoms with Gasteiger partial charge in [0.25, 0.3) is 5.91 Å². The maximum atomic E-state index is 11.0. The van der Waals surface area contributed by atoms with Gasteiger partial charge in [0.05, 0.1) is 7.11 Å². The average molecular weight is 263 g/mol. The van der Waals surface area contributed by atoms with Gasteiger partial charge in [-0.25, -0.2) is 0 Å². The van der Waals surface area contributed by atoms with Crippen LogP contribution in [0.25, 0.3) is 0 Å². The largest absolute Gasteiger partial charge is 0.496 e. The summed E-state index contributed by atoms with van der Waals surface area (Å²) in [5.74, 6) is 0.288. The van der Waals surface area contributed by atoms with Crippen molar-refractivity contribution in [2.24, 2.45) is 0 Å². The van der Waals surface area contributed by atoms with E-state index < -0.39 is 5.91 Å². The number of rotatable bonds is 6. The topological polar surface area (TPSA) is 55.4 Å². The maximum absolute atomic E-state index is 11.0. The SMILES string of the molecule is CCc1cc(C(C)(C)CNC(=O)C=O)ccc1OC. The van der Waals surface area contributed by atoms with Crippen LogP contribution in [0.4, 0.5) is 0 Å². The normalized spacial score (nSPS) is 10.9. The first-order chi connectivity index (χ1) is 8.94. The Balaban J connectivity index is 2.94. The van der Waals surface area contributed by atoms with Gasteiger partial charge >= 0.3 is 0 Å². The summed E-state index contributed by atoms with van der Waals surface area (Å²) < 4.78 is 5.30. The lowest BCUT2D eigenvalue weighted by Gasteiger charge is -2.26. The molecule has 0 saturated heterocycles. The van der Waals surface area contributed by atoms with Crippen LogP contribution >= 0.6 is 0 Å². The number of aryl methyl sites for hydroxylation is 1. The van der Waals surface area contributed by atoms with E-state index in [1.165, 1.54) is 0 Å². The molecule has 0 unspecified atom stereocenters. The van der Waals surface area contributed by atoms with Crippen molar-refractivity contribution in [2.75, 3.05) is 13.7 Å². The number of carbonyl (C=O) groups excluding carboxylic acids is 2. The van der Waals surface area contributed by atoms with E-state index in [-0.39, 0.29) is 5.41 Å². The van der Waals surface area contributed by atoms with Gasteiger partial charge in [-0.05, 0) is 23.6 Å². The zero-order valence-corrected chi connectivity index (χ0v) is 11.9. The Morgan fingerprint density at radius 1 is 1.42 bits per heavy atom. The van der Waals surface area contributed by atoms with Crippen LogP contribution in [-0.4, -0.2) is 25.8 Å². The van der Waals surface area contributed by atoms with Gasteiger partial charge in [-0.15, -0.1) is 0 Å². The van der Waals surface area contributed by atoms with Crippen molar-refractivity contribution in [3.8, 4) is 5.75 Å². The molecule has 0 fully saturated rings. The molecule has 1 rings (SSSR count). The molecule has 0 aromatic heterocycles. The molecule has 1 N–H and O–H groups in total. The number of aldehydes is 1. The number of nitrogens with one attached hydrogen (secondary N) is 1. The molecule has 0 aliphatic rings. The summed E-state index contributed by atoms with van der Waals surface area (Å²) >= 11 is 0. The van der Waals surface area contributed by atoms with Gasteiger partial charge in [-0.2, -0.15) is 0 Å². The molecule has 0 heterocycles. The molecule has 0 saturated carbocycles. The minimum atomic E-state index is -0.586. The quantitative estimate of drug-likeness (QED) is 0.629. The standard InChI is InChI=1S/C15H21NO3/c1-5-11-8-12(6-7-13(11)19-4)15(2,3)10-16-14(18)9-17/h6-9H,5,10H2,1-4H3,(H,16,18). The number of benzene rings is 1. The molecule has 0 aliphatic heterocycles. The van der Waals surface area contributed by atoms with Crippen LogP contribution in [0, 0.1) is 0 Å². The van der Waals surface area contributed by atoms with Gasteiger partial charge in [0.2, 0.25) is 6.29 Å². The fourth-order valence-electron chi connectivity index (χ4n) is 1.93. The van der Waals surface area contributed by atoms with E-state index in [1.54, 1.807) is 7.11 Å². The first kappa shape index (κ1) is 15.2. The molecule has 104 valence electrons. The summed E-state index contributed by atoms with van der Waals surface area (Å²) in [7, 11) is 1.66. The third-order valence-electron chi connectivity index (χ3n) is 3.25. The van der Waals surface area contributed by atoms with Gasteiger partial charge in [0, 0.05) is 12.0 Å². The first-order valence-electron chi connectivity index (χ1n) is 6.35. The lowest BCUT2D eigenvalue weighted by molar-refractivity contribution is -0.131. The highest BCUT2D eigenvalue weighted by molar-refractivity contribution is 6.23. The highest BCUT2D eigenvalue weighted by Crippen LogP contribution is 2.28. The zero-order chi connectivity index (χ0) is 14.5. The zero-order valence-electron chi connectivity index (χ0n) is 11.9. The van der Waals surface area contributed by atoms with Crippen LogP contribution in [0.15, 0.2) is 18.2 Å². The van der Waals surface area contributed by atoms with Crippen LogP contribution in [0.5, 0.6) is 5.75 Å². The van der Waals surface area contributed by atoms with Gasteiger partial charge in [0.1, 0.15) is 5.75 Å². The predicted octanol–water partition coefficient (Wildman–Crippen LogP) is 1.85. The molecule has 0 spiro atoms. The van der Waals surface area contributed by atoms with E-state index >= 15 is 0 Å². The molecule has 0 bridgehead atoms. The molecule has 4 heteroatoms. The Kier molecular flexibility index (Phi) is 5.10. The second kappa shape index (κ2) is 6.36. The van der Waals surface area contributed by atoms with Crippen molar-refractivity contribution in [2.45, 2.75) is 32.6 Å². The van der Waals surface area contributed by atoms with Crippen molar-refractivity contribution < 1.29 is 14.3 Å². The molecule has 0 radical (unpaired) electrons. The fraction of sp³-hybridized carbons (Fsp3) is 0.467. The molecular formula is C15H21NO3. The summed E-state index contributed by atoms with van der Waals surface area (Å²) in [6, 6.07) is 6.02. The molecule has 4 nitrogen and oxygen atoms in total. The third-order valence-corrected chi connectivity index (χ3v) is 3.25. The smallest absolute Gasteiger partial charge is 0.284 e.